The van der Waals surface area contributed by atoms with Crippen LogP contribution in [-0.4, -0.2) is 16.5 Å². The maximum absolute atomic E-state index is 13.6. The molecule has 156 valence electrons. The van der Waals surface area contributed by atoms with Crippen LogP contribution in [-0.2, 0) is 11.3 Å². The summed E-state index contributed by atoms with van der Waals surface area (Å²) in [7, 11) is 0. The van der Waals surface area contributed by atoms with Crippen molar-refractivity contribution in [2.75, 3.05) is 0 Å². The molecular weight excluding hydrogens is 387 g/mol. The molecule has 1 saturated carbocycles. The molecule has 4 aromatic rings. The molecule has 0 bridgehead atoms. The Labute approximate surface area is 181 Å². The summed E-state index contributed by atoms with van der Waals surface area (Å²) >= 11 is 0. The van der Waals surface area contributed by atoms with Crippen LogP contribution >= 0.6 is 0 Å². The van der Waals surface area contributed by atoms with Gasteiger partial charge < -0.3 is 9.88 Å². The monoisotopic (exact) mass is 412 g/mol. The molecule has 3 nitrogen and oxygen atoms in total. The van der Waals surface area contributed by atoms with Gasteiger partial charge in [0.25, 0.3) is 0 Å². The van der Waals surface area contributed by atoms with Crippen LogP contribution in [0.15, 0.2) is 85.1 Å². The highest BCUT2D eigenvalue weighted by Crippen LogP contribution is 2.35. The summed E-state index contributed by atoms with van der Waals surface area (Å²) in [5.74, 6) is -0.352. The zero-order valence-electron chi connectivity index (χ0n) is 17.3. The molecule has 0 aliphatic heterocycles. The van der Waals surface area contributed by atoms with Crippen LogP contribution < -0.4 is 5.32 Å². The molecule has 5 rings (SSSR count). The minimum absolute atomic E-state index is 0.0525. The average molecular weight is 413 g/mol. The van der Waals surface area contributed by atoms with Gasteiger partial charge in [-0.05, 0) is 47.7 Å². The van der Waals surface area contributed by atoms with Crippen molar-refractivity contribution in [2.45, 2.75) is 37.8 Å². The summed E-state index contributed by atoms with van der Waals surface area (Å²) in [5, 5.41) is 4.24. The number of amides is 1. The minimum Gasteiger partial charge on any atom is -0.353 e. The van der Waals surface area contributed by atoms with Crippen molar-refractivity contribution in [3.05, 3.63) is 108 Å². The number of rotatable bonds is 7. The van der Waals surface area contributed by atoms with E-state index in [9.17, 15) is 9.18 Å². The van der Waals surface area contributed by atoms with Gasteiger partial charge in [0.15, 0.2) is 0 Å². The fraction of sp³-hybridized carbons (Fsp3) is 0.222. The highest BCUT2D eigenvalue weighted by molar-refractivity contribution is 5.87. The zero-order valence-corrected chi connectivity index (χ0v) is 17.3. The Morgan fingerprint density at radius 1 is 0.968 bits per heavy atom. The Morgan fingerprint density at radius 2 is 1.68 bits per heavy atom. The van der Waals surface area contributed by atoms with Crippen LogP contribution in [0.4, 0.5) is 4.39 Å². The Kier molecular flexibility index (Phi) is 5.29. The number of benzene rings is 3. The minimum atomic E-state index is -0.267. The quantitative estimate of drug-likeness (QED) is 0.419. The molecule has 0 saturated heterocycles. The number of aromatic nitrogens is 1. The Hall–Kier alpha value is -3.40. The van der Waals surface area contributed by atoms with Gasteiger partial charge in [0.05, 0.1) is 0 Å². The lowest BCUT2D eigenvalue weighted by Crippen LogP contribution is -2.27. The molecule has 0 spiro atoms. The molecule has 1 atom stereocenters. The Balaban J connectivity index is 1.56. The predicted octanol–water partition coefficient (Wildman–Crippen LogP) is 5.63. The lowest BCUT2D eigenvalue weighted by Gasteiger charge is -2.17. The second-order valence-electron chi connectivity index (χ2n) is 8.37. The molecule has 1 unspecified atom stereocenters. The standard InChI is InChI=1S/C27H25FN2O/c28-21-12-10-20(11-13-21)24(16-27(31)29-22-14-15-22)25-18-30(17-19-6-2-1-3-7-19)26-9-5-4-8-23(25)26/h1-13,18,22,24H,14-17H2,(H,29,31). The lowest BCUT2D eigenvalue weighted by molar-refractivity contribution is -0.121. The smallest absolute Gasteiger partial charge is 0.221 e. The van der Waals surface area contributed by atoms with Crippen LogP contribution in [0.1, 0.15) is 41.9 Å². The van der Waals surface area contributed by atoms with Gasteiger partial charge in [0.2, 0.25) is 5.91 Å². The second kappa shape index (κ2) is 8.38. The molecule has 1 N–H and O–H groups in total. The molecule has 1 aromatic heterocycles. The van der Waals surface area contributed by atoms with E-state index in [4.69, 9.17) is 0 Å². The summed E-state index contributed by atoms with van der Waals surface area (Å²) in [5.41, 5.74) is 4.41. The number of carbonyl (C=O) groups is 1. The topological polar surface area (TPSA) is 34.0 Å². The van der Waals surface area contributed by atoms with Gasteiger partial charge in [0.1, 0.15) is 5.82 Å². The summed E-state index contributed by atoms with van der Waals surface area (Å²) in [6.07, 6.45) is 4.63. The normalized spacial score (nSPS) is 14.5. The van der Waals surface area contributed by atoms with Gasteiger partial charge in [0, 0.05) is 42.0 Å². The first-order chi connectivity index (χ1) is 15.2. The SMILES string of the molecule is O=C(CC(c1ccc(F)cc1)c1cn(Cc2ccccc2)c2ccccc12)NC1CC1. The summed E-state index contributed by atoms with van der Waals surface area (Å²) < 4.78 is 15.9. The Bertz CT molecular complexity index is 1190. The van der Waals surface area contributed by atoms with Gasteiger partial charge in [-0.2, -0.15) is 0 Å². The molecule has 0 radical (unpaired) electrons. The number of nitrogens with zero attached hydrogens (tertiary/aromatic N) is 1. The van der Waals surface area contributed by atoms with E-state index in [-0.39, 0.29) is 17.6 Å². The van der Waals surface area contributed by atoms with Gasteiger partial charge in [-0.1, -0.05) is 60.7 Å². The molecule has 31 heavy (non-hydrogen) atoms. The van der Waals surface area contributed by atoms with Crippen molar-refractivity contribution >= 4 is 16.8 Å². The van der Waals surface area contributed by atoms with Crippen LogP contribution in [0.25, 0.3) is 10.9 Å². The number of fused-ring (bicyclic) bond motifs is 1. The maximum Gasteiger partial charge on any atom is 0.221 e. The van der Waals surface area contributed by atoms with Gasteiger partial charge >= 0.3 is 0 Å². The van der Waals surface area contributed by atoms with Gasteiger partial charge in [-0.3, -0.25) is 4.79 Å². The third-order valence-electron chi connectivity index (χ3n) is 5.99. The highest BCUT2D eigenvalue weighted by atomic mass is 19.1. The lowest BCUT2D eigenvalue weighted by atomic mass is 9.88. The zero-order chi connectivity index (χ0) is 21.2. The molecule has 1 amide bonds. The van der Waals surface area contributed by atoms with Gasteiger partial charge in [-0.15, -0.1) is 0 Å². The second-order valence-corrected chi connectivity index (χ2v) is 8.37. The fourth-order valence-corrected chi connectivity index (χ4v) is 4.27. The molecule has 1 fully saturated rings. The van der Waals surface area contributed by atoms with Crippen LogP contribution in [0.2, 0.25) is 0 Å². The fourth-order valence-electron chi connectivity index (χ4n) is 4.27. The summed E-state index contributed by atoms with van der Waals surface area (Å²) in [6, 6.07) is 25.5. The number of halogens is 1. The van der Waals surface area contributed by atoms with Crippen molar-refractivity contribution in [1.82, 2.24) is 9.88 Å². The van der Waals surface area contributed by atoms with Crippen molar-refractivity contribution in [2.24, 2.45) is 0 Å². The van der Waals surface area contributed by atoms with Gasteiger partial charge in [-0.25, -0.2) is 4.39 Å². The number of carbonyl (C=O) groups excluding carboxylic acids is 1. The number of hydrogen-bond acceptors (Lipinski definition) is 1. The molecule has 3 aromatic carbocycles. The maximum atomic E-state index is 13.6. The summed E-state index contributed by atoms with van der Waals surface area (Å²) in [6.45, 7) is 0.756. The molecule has 1 heterocycles. The average Bonchev–Trinajstić information content (AvgIpc) is 3.53. The van der Waals surface area contributed by atoms with Crippen molar-refractivity contribution < 1.29 is 9.18 Å². The Morgan fingerprint density at radius 3 is 2.42 bits per heavy atom. The highest BCUT2D eigenvalue weighted by Gasteiger charge is 2.27. The van der Waals surface area contributed by atoms with E-state index in [1.807, 2.05) is 30.3 Å². The van der Waals surface area contributed by atoms with Crippen LogP contribution in [0.3, 0.4) is 0 Å². The molecule has 4 heteroatoms. The van der Waals surface area contributed by atoms with E-state index in [2.05, 4.69) is 40.3 Å². The van der Waals surface area contributed by atoms with Crippen LogP contribution in [0.5, 0.6) is 0 Å². The predicted molar refractivity (Wildman–Crippen MR) is 122 cm³/mol. The van der Waals surface area contributed by atoms with Crippen LogP contribution in [0, 0.1) is 5.82 Å². The van der Waals surface area contributed by atoms with E-state index in [0.29, 0.717) is 12.5 Å². The number of para-hydroxylation sites is 1. The molecular formula is C27H25FN2O. The van der Waals surface area contributed by atoms with Crippen molar-refractivity contribution in [1.29, 1.82) is 0 Å². The van der Waals surface area contributed by atoms with E-state index >= 15 is 0 Å². The summed E-state index contributed by atoms with van der Waals surface area (Å²) in [4.78, 5) is 12.8. The third kappa shape index (κ3) is 4.38. The van der Waals surface area contributed by atoms with E-state index in [0.717, 1.165) is 41.4 Å². The number of hydrogen-bond donors (Lipinski definition) is 1. The third-order valence-corrected chi connectivity index (χ3v) is 5.99. The first-order valence-corrected chi connectivity index (χ1v) is 10.8. The first kappa shape index (κ1) is 19.6. The van der Waals surface area contributed by atoms with Crippen molar-refractivity contribution in [3.63, 3.8) is 0 Å². The number of nitrogens with one attached hydrogen (secondary N) is 1. The molecule has 1 aliphatic rings. The van der Waals surface area contributed by atoms with E-state index in [1.165, 1.54) is 17.7 Å². The molecule has 1 aliphatic carbocycles. The van der Waals surface area contributed by atoms with E-state index in [1.54, 1.807) is 12.1 Å². The van der Waals surface area contributed by atoms with Crippen molar-refractivity contribution in [3.8, 4) is 0 Å². The first-order valence-electron chi connectivity index (χ1n) is 10.8. The van der Waals surface area contributed by atoms with E-state index < -0.39 is 0 Å². The largest absolute Gasteiger partial charge is 0.353 e.